The van der Waals surface area contributed by atoms with Gasteiger partial charge in [0.15, 0.2) is 0 Å². The number of carbonyl (C=O) groups is 2. The van der Waals surface area contributed by atoms with Gasteiger partial charge in [0.25, 0.3) is 0 Å². The third-order valence-electron chi connectivity index (χ3n) is 2.19. The van der Waals surface area contributed by atoms with Crippen LogP contribution in [-0.4, -0.2) is 55.0 Å². The third kappa shape index (κ3) is 2.61. The lowest BCUT2D eigenvalue weighted by atomic mass is 10.4. The first-order chi connectivity index (χ1) is 6.11. The smallest absolute Gasteiger partial charge is 0.317 e. The van der Waals surface area contributed by atoms with Crippen LogP contribution in [0.5, 0.6) is 0 Å². The summed E-state index contributed by atoms with van der Waals surface area (Å²) in [6.07, 6.45) is 0. The van der Waals surface area contributed by atoms with Gasteiger partial charge >= 0.3 is 6.03 Å². The van der Waals surface area contributed by atoms with E-state index in [-0.39, 0.29) is 11.9 Å². The fourth-order valence-corrected chi connectivity index (χ4v) is 1.15. The molecule has 13 heavy (non-hydrogen) atoms. The fraction of sp³-hybridized carbons (Fsp3) is 0.750. The molecule has 1 aliphatic rings. The van der Waals surface area contributed by atoms with E-state index in [2.05, 4.69) is 5.32 Å². The van der Waals surface area contributed by atoms with E-state index in [0.29, 0.717) is 19.6 Å². The molecule has 1 N–H and O–H groups in total. The molecule has 0 bridgehead atoms. The molecule has 1 saturated heterocycles. The van der Waals surface area contributed by atoms with E-state index in [1.54, 1.807) is 16.8 Å². The van der Waals surface area contributed by atoms with E-state index < -0.39 is 0 Å². The zero-order valence-corrected chi connectivity index (χ0v) is 8.04. The molecule has 5 heteroatoms. The van der Waals surface area contributed by atoms with Gasteiger partial charge in [0.05, 0.1) is 0 Å². The highest BCUT2D eigenvalue weighted by atomic mass is 16.2. The Kier molecular flexibility index (Phi) is 3.11. The van der Waals surface area contributed by atoms with Crippen molar-refractivity contribution >= 4 is 11.9 Å². The summed E-state index contributed by atoms with van der Waals surface area (Å²) >= 11 is 0. The number of urea groups is 1. The first kappa shape index (κ1) is 9.83. The van der Waals surface area contributed by atoms with Gasteiger partial charge in [0.1, 0.15) is 0 Å². The van der Waals surface area contributed by atoms with E-state index >= 15 is 0 Å². The molecule has 3 amide bonds. The second-order valence-electron chi connectivity index (χ2n) is 3.16. The zero-order valence-electron chi connectivity index (χ0n) is 8.04. The van der Waals surface area contributed by atoms with E-state index in [4.69, 9.17) is 0 Å². The molecule has 5 nitrogen and oxygen atoms in total. The summed E-state index contributed by atoms with van der Waals surface area (Å²) in [7, 11) is 1.73. The number of rotatable bonds is 3. The van der Waals surface area contributed by atoms with Gasteiger partial charge in [0.2, 0.25) is 5.91 Å². The van der Waals surface area contributed by atoms with Gasteiger partial charge in [-0.15, -0.1) is 0 Å². The Morgan fingerprint density at radius 2 is 2.38 bits per heavy atom. The molecule has 0 atom stereocenters. The molecule has 0 spiro atoms. The normalized spacial score (nSPS) is 15.8. The maximum atomic E-state index is 11.1. The van der Waals surface area contributed by atoms with Gasteiger partial charge in [-0.05, 0) is 0 Å². The topological polar surface area (TPSA) is 52.7 Å². The van der Waals surface area contributed by atoms with Gasteiger partial charge in [-0.2, -0.15) is 0 Å². The Morgan fingerprint density at radius 1 is 1.69 bits per heavy atom. The maximum absolute atomic E-state index is 11.1. The number of hydrogen-bond acceptors (Lipinski definition) is 2. The molecule has 0 aromatic carbocycles. The van der Waals surface area contributed by atoms with Crippen LogP contribution < -0.4 is 5.32 Å². The average molecular weight is 185 g/mol. The minimum atomic E-state index is -0.0306. The number of nitrogens with one attached hydrogen (secondary N) is 1. The van der Waals surface area contributed by atoms with Crippen molar-refractivity contribution in [2.24, 2.45) is 0 Å². The summed E-state index contributed by atoms with van der Waals surface area (Å²) in [6.45, 7) is 4.18. The van der Waals surface area contributed by atoms with Crippen LogP contribution in [0.4, 0.5) is 4.79 Å². The van der Waals surface area contributed by atoms with Crippen LogP contribution in [0.25, 0.3) is 0 Å². The summed E-state index contributed by atoms with van der Waals surface area (Å²) in [6, 6.07) is -0.0306. The third-order valence-corrected chi connectivity index (χ3v) is 2.19. The molecule has 0 aliphatic carbocycles. The van der Waals surface area contributed by atoms with Crippen LogP contribution in [0.3, 0.4) is 0 Å². The number of hydrogen-bond donors (Lipinski definition) is 1. The largest absolute Gasteiger partial charge is 0.344 e. The van der Waals surface area contributed by atoms with E-state index in [0.717, 1.165) is 6.54 Å². The highest BCUT2D eigenvalue weighted by molar-refractivity contribution is 5.76. The first-order valence-electron chi connectivity index (χ1n) is 4.35. The van der Waals surface area contributed by atoms with Crippen molar-refractivity contribution in [2.45, 2.75) is 6.92 Å². The number of nitrogens with zero attached hydrogens (tertiary/aromatic N) is 2. The SMILES string of the molecule is CC(=O)N(C)CCN1CCNC1=O. The summed E-state index contributed by atoms with van der Waals surface area (Å²) in [4.78, 5) is 25.2. The van der Waals surface area contributed by atoms with Crippen molar-refractivity contribution in [2.75, 3.05) is 33.2 Å². The van der Waals surface area contributed by atoms with E-state index in [1.807, 2.05) is 0 Å². The average Bonchev–Trinajstić information content (AvgIpc) is 2.47. The Hall–Kier alpha value is -1.26. The molecule has 0 aromatic rings. The predicted molar refractivity (Wildman–Crippen MR) is 48.3 cm³/mol. The Labute approximate surface area is 77.7 Å². The molecule has 0 radical (unpaired) electrons. The van der Waals surface area contributed by atoms with Crippen LogP contribution in [0.15, 0.2) is 0 Å². The summed E-state index contributed by atoms with van der Waals surface area (Å²) in [5, 5.41) is 2.71. The predicted octanol–water partition coefficient (Wildman–Crippen LogP) is -0.510. The van der Waals surface area contributed by atoms with Crippen molar-refractivity contribution in [3.05, 3.63) is 0 Å². The van der Waals surface area contributed by atoms with Crippen molar-refractivity contribution in [1.29, 1.82) is 0 Å². The van der Waals surface area contributed by atoms with E-state index in [9.17, 15) is 9.59 Å². The van der Waals surface area contributed by atoms with Crippen molar-refractivity contribution in [3.8, 4) is 0 Å². The number of amides is 3. The molecule has 0 saturated carbocycles. The van der Waals surface area contributed by atoms with Gasteiger partial charge < -0.3 is 15.1 Å². The number of likely N-dealkylation sites (N-methyl/N-ethyl adjacent to an activating group) is 1. The van der Waals surface area contributed by atoms with Crippen molar-refractivity contribution < 1.29 is 9.59 Å². The monoisotopic (exact) mass is 185 g/mol. The summed E-state index contributed by atoms with van der Waals surface area (Å²) in [5.74, 6) is 0.0274. The molecule has 0 aromatic heterocycles. The molecule has 74 valence electrons. The lowest BCUT2D eigenvalue weighted by Crippen LogP contribution is -2.37. The fourth-order valence-electron chi connectivity index (χ4n) is 1.15. The molecule has 0 unspecified atom stereocenters. The molecule has 1 aliphatic heterocycles. The molecule has 1 rings (SSSR count). The molecular weight excluding hydrogens is 170 g/mol. The van der Waals surface area contributed by atoms with Crippen LogP contribution in [0.2, 0.25) is 0 Å². The lowest BCUT2D eigenvalue weighted by Gasteiger charge is -2.19. The van der Waals surface area contributed by atoms with Gasteiger partial charge in [-0.25, -0.2) is 4.79 Å². The summed E-state index contributed by atoms with van der Waals surface area (Å²) < 4.78 is 0. The van der Waals surface area contributed by atoms with Crippen LogP contribution in [0.1, 0.15) is 6.92 Å². The zero-order chi connectivity index (χ0) is 9.84. The highest BCUT2D eigenvalue weighted by Gasteiger charge is 2.19. The second-order valence-corrected chi connectivity index (χ2v) is 3.16. The van der Waals surface area contributed by atoms with Crippen LogP contribution in [0, 0.1) is 0 Å². The van der Waals surface area contributed by atoms with E-state index in [1.165, 1.54) is 6.92 Å². The highest BCUT2D eigenvalue weighted by Crippen LogP contribution is 1.96. The molecule has 1 fully saturated rings. The number of carbonyl (C=O) groups excluding carboxylic acids is 2. The molecule has 1 heterocycles. The maximum Gasteiger partial charge on any atom is 0.317 e. The van der Waals surface area contributed by atoms with Crippen LogP contribution in [-0.2, 0) is 4.79 Å². The Morgan fingerprint density at radius 3 is 2.85 bits per heavy atom. The minimum absolute atomic E-state index is 0.0274. The lowest BCUT2D eigenvalue weighted by molar-refractivity contribution is -0.127. The standard InChI is InChI=1S/C8H15N3O2/c1-7(12)10(2)5-6-11-4-3-9-8(11)13/h3-6H2,1-2H3,(H,9,13). The van der Waals surface area contributed by atoms with Crippen molar-refractivity contribution in [1.82, 2.24) is 15.1 Å². The minimum Gasteiger partial charge on any atom is -0.344 e. The Bertz CT molecular complexity index is 217. The van der Waals surface area contributed by atoms with Crippen LogP contribution >= 0.6 is 0 Å². The summed E-state index contributed by atoms with van der Waals surface area (Å²) in [5.41, 5.74) is 0. The van der Waals surface area contributed by atoms with Gasteiger partial charge in [-0.3, -0.25) is 4.79 Å². The van der Waals surface area contributed by atoms with Crippen molar-refractivity contribution in [3.63, 3.8) is 0 Å². The Balaban J connectivity index is 2.25. The van der Waals surface area contributed by atoms with Gasteiger partial charge in [-0.1, -0.05) is 0 Å². The second kappa shape index (κ2) is 4.11. The quantitative estimate of drug-likeness (QED) is 0.644. The van der Waals surface area contributed by atoms with Gasteiger partial charge in [0, 0.05) is 40.2 Å². The molecular formula is C8H15N3O2. The first-order valence-corrected chi connectivity index (χ1v) is 4.35.